The van der Waals surface area contributed by atoms with Crippen LogP contribution in [0.1, 0.15) is 25.5 Å². The zero-order valence-corrected chi connectivity index (χ0v) is 10.4. The Morgan fingerprint density at radius 2 is 2.28 bits per heavy atom. The van der Waals surface area contributed by atoms with Crippen molar-refractivity contribution in [3.63, 3.8) is 0 Å². The maximum atomic E-state index is 13.6. The van der Waals surface area contributed by atoms with E-state index in [0.29, 0.717) is 30.4 Å². The number of piperazine rings is 1. The van der Waals surface area contributed by atoms with E-state index < -0.39 is 11.6 Å². The number of halogens is 2. The lowest BCUT2D eigenvalue weighted by Crippen LogP contribution is -2.56. The van der Waals surface area contributed by atoms with E-state index in [4.69, 9.17) is 0 Å². The molecule has 1 aromatic heterocycles. The molecule has 2 saturated heterocycles. The maximum absolute atomic E-state index is 13.6. The normalized spacial score (nSPS) is 31.8. The molecule has 5 heteroatoms. The standard InChI is InChI=1S/C13H17F2N3/c1-8-13-3-2-10(6-16-8)18(13)7-12-11(15)4-9(14)5-17-12/h4-5,8,10,13,16H,2-3,6-7H2,1H3/t8-,10-,13+/m0/s1. The van der Waals surface area contributed by atoms with E-state index in [1.54, 1.807) is 0 Å². The number of nitrogens with zero attached hydrogens (tertiary/aromatic N) is 2. The largest absolute Gasteiger partial charge is 0.311 e. The van der Waals surface area contributed by atoms with Crippen LogP contribution in [-0.2, 0) is 6.54 Å². The number of pyridine rings is 1. The molecule has 3 rings (SSSR count). The Morgan fingerprint density at radius 1 is 1.44 bits per heavy atom. The van der Waals surface area contributed by atoms with Gasteiger partial charge in [0.1, 0.15) is 11.6 Å². The highest BCUT2D eigenvalue weighted by Gasteiger charge is 2.40. The molecule has 2 bridgehead atoms. The zero-order chi connectivity index (χ0) is 12.7. The molecule has 18 heavy (non-hydrogen) atoms. The van der Waals surface area contributed by atoms with E-state index >= 15 is 0 Å². The Balaban J connectivity index is 1.80. The molecule has 3 atom stereocenters. The monoisotopic (exact) mass is 253 g/mol. The van der Waals surface area contributed by atoms with E-state index in [0.717, 1.165) is 31.6 Å². The summed E-state index contributed by atoms with van der Waals surface area (Å²) in [6, 6.07) is 2.23. The predicted octanol–water partition coefficient (Wildman–Crippen LogP) is 1.68. The topological polar surface area (TPSA) is 28.2 Å². The van der Waals surface area contributed by atoms with Crippen molar-refractivity contribution in [2.75, 3.05) is 6.54 Å². The fraction of sp³-hybridized carbons (Fsp3) is 0.615. The van der Waals surface area contributed by atoms with Gasteiger partial charge in [0.15, 0.2) is 0 Å². The van der Waals surface area contributed by atoms with Crippen LogP contribution in [0.5, 0.6) is 0 Å². The molecule has 0 spiro atoms. The van der Waals surface area contributed by atoms with Gasteiger partial charge in [0.2, 0.25) is 0 Å². The molecule has 0 aromatic carbocycles. The molecule has 0 amide bonds. The lowest BCUT2D eigenvalue weighted by atomic mass is 10.1. The molecule has 0 aliphatic carbocycles. The molecule has 2 aliphatic heterocycles. The summed E-state index contributed by atoms with van der Waals surface area (Å²) in [5.74, 6) is -1.16. The van der Waals surface area contributed by atoms with Crippen molar-refractivity contribution in [2.45, 2.75) is 44.4 Å². The summed E-state index contributed by atoms with van der Waals surface area (Å²) in [5, 5.41) is 3.47. The van der Waals surface area contributed by atoms with Crippen molar-refractivity contribution in [1.29, 1.82) is 0 Å². The van der Waals surface area contributed by atoms with Gasteiger partial charge in [-0.3, -0.25) is 9.88 Å². The number of nitrogens with one attached hydrogen (secondary N) is 1. The second-order valence-electron chi connectivity index (χ2n) is 5.25. The maximum Gasteiger partial charge on any atom is 0.148 e. The molecule has 2 aliphatic rings. The van der Waals surface area contributed by atoms with Crippen LogP contribution in [0.2, 0.25) is 0 Å². The van der Waals surface area contributed by atoms with Crippen molar-refractivity contribution >= 4 is 0 Å². The van der Waals surface area contributed by atoms with Crippen molar-refractivity contribution in [1.82, 2.24) is 15.2 Å². The molecular weight excluding hydrogens is 236 g/mol. The molecule has 1 N–H and O–H groups in total. The van der Waals surface area contributed by atoms with Gasteiger partial charge in [0.25, 0.3) is 0 Å². The SMILES string of the molecule is C[C@@H]1NC[C@@H]2CC[C@H]1N2Cc1ncc(F)cc1F. The predicted molar refractivity (Wildman–Crippen MR) is 64.0 cm³/mol. The Morgan fingerprint density at radius 3 is 3.06 bits per heavy atom. The minimum atomic E-state index is -0.618. The molecule has 98 valence electrons. The van der Waals surface area contributed by atoms with Gasteiger partial charge in [0.05, 0.1) is 11.9 Å². The van der Waals surface area contributed by atoms with Gasteiger partial charge in [-0.25, -0.2) is 8.78 Å². The van der Waals surface area contributed by atoms with Crippen molar-refractivity contribution < 1.29 is 8.78 Å². The van der Waals surface area contributed by atoms with Crippen LogP contribution in [0, 0.1) is 11.6 Å². The van der Waals surface area contributed by atoms with E-state index in [1.807, 2.05) is 0 Å². The third-order valence-electron chi connectivity index (χ3n) is 4.16. The molecule has 0 saturated carbocycles. The fourth-order valence-corrected chi connectivity index (χ4v) is 3.16. The Bertz CT molecular complexity index is 452. The number of fused-ring (bicyclic) bond motifs is 2. The summed E-state index contributed by atoms with van der Waals surface area (Å²) in [6.07, 6.45) is 3.37. The smallest absolute Gasteiger partial charge is 0.148 e. The van der Waals surface area contributed by atoms with Gasteiger partial charge in [-0.2, -0.15) is 0 Å². The fourth-order valence-electron chi connectivity index (χ4n) is 3.16. The van der Waals surface area contributed by atoms with E-state index in [-0.39, 0.29) is 0 Å². The van der Waals surface area contributed by atoms with Gasteiger partial charge >= 0.3 is 0 Å². The number of hydrogen-bond acceptors (Lipinski definition) is 3. The third-order valence-corrected chi connectivity index (χ3v) is 4.16. The first-order valence-corrected chi connectivity index (χ1v) is 6.44. The highest BCUT2D eigenvalue weighted by Crippen LogP contribution is 2.31. The lowest BCUT2D eigenvalue weighted by Gasteiger charge is -2.39. The first kappa shape index (κ1) is 12.0. The summed E-state index contributed by atoms with van der Waals surface area (Å²) < 4.78 is 26.5. The summed E-state index contributed by atoms with van der Waals surface area (Å²) in [6.45, 7) is 3.58. The van der Waals surface area contributed by atoms with Crippen LogP contribution >= 0.6 is 0 Å². The molecule has 2 fully saturated rings. The van der Waals surface area contributed by atoms with Gasteiger partial charge < -0.3 is 5.32 Å². The van der Waals surface area contributed by atoms with E-state index in [9.17, 15) is 8.78 Å². The second kappa shape index (κ2) is 4.55. The third kappa shape index (κ3) is 2.01. The molecule has 3 nitrogen and oxygen atoms in total. The highest BCUT2D eigenvalue weighted by atomic mass is 19.1. The summed E-state index contributed by atoms with van der Waals surface area (Å²) in [4.78, 5) is 6.19. The number of aromatic nitrogens is 1. The summed E-state index contributed by atoms with van der Waals surface area (Å²) in [7, 11) is 0. The molecule has 1 aromatic rings. The minimum Gasteiger partial charge on any atom is -0.311 e. The van der Waals surface area contributed by atoms with Crippen molar-refractivity contribution in [3.8, 4) is 0 Å². The number of hydrogen-bond donors (Lipinski definition) is 1. The molecule has 3 heterocycles. The van der Waals surface area contributed by atoms with Crippen LogP contribution in [0.4, 0.5) is 8.78 Å². The zero-order valence-electron chi connectivity index (χ0n) is 10.4. The summed E-state index contributed by atoms with van der Waals surface area (Å²) >= 11 is 0. The van der Waals surface area contributed by atoms with E-state index in [1.165, 1.54) is 0 Å². The van der Waals surface area contributed by atoms with Gasteiger partial charge in [-0.1, -0.05) is 0 Å². The van der Waals surface area contributed by atoms with Crippen LogP contribution < -0.4 is 5.32 Å². The van der Waals surface area contributed by atoms with Gasteiger partial charge in [-0.05, 0) is 19.8 Å². The van der Waals surface area contributed by atoms with Gasteiger partial charge in [-0.15, -0.1) is 0 Å². The van der Waals surface area contributed by atoms with E-state index in [2.05, 4.69) is 22.1 Å². The Labute approximate surface area is 105 Å². The quantitative estimate of drug-likeness (QED) is 0.869. The molecule has 0 unspecified atom stereocenters. The van der Waals surface area contributed by atoms with Crippen LogP contribution in [0.15, 0.2) is 12.3 Å². The summed E-state index contributed by atoms with van der Waals surface area (Å²) in [5.41, 5.74) is 0.349. The average molecular weight is 253 g/mol. The minimum absolute atomic E-state index is 0.349. The average Bonchev–Trinajstić information content (AvgIpc) is 2.62. The second-order valence-corrected chi connectivity index (χ2v) is 5.25. The number of rotatable bonds is 2. The molecular formula is C13H17F2N3. The van der Waals surface area contributed by atoms with Crippen LogP contribution in [0.25, 0.3) is 0 Å². The first-order chi connectivity index (χ1) is 8.65. The van der Waals surface area contributed by atoms with Crippen molar-refractivity contribution in [2.24, 2.45) is 0 Å². The Kier molecular flexibility index (Phi) is 3.03. The lowest BCUT2D eigenvalue weighted by molar-refractivity contribution is 0.111. The highest BCUT2D eigenvalue weighted by molar-refractivity contribution is 5.10. The molecule has 0 radical (unpaired) electrons. The Hall–Kier alpha value is -1.07. The van der Waals surface area contributed by atoms with Crippen molar-refractivity contribution in [3.05, 3.63) is 29.6 Å². The van der Waals surface area contributed by atoms with Crippen LogP contribution in [0.3, 0.4) is 0 Å². The van der Waals surface area contributed by atoms with Gasteiger partial charge in [0, 0.05) is 37.3 Å². The first-order valence-electron chi connectivity index (χ1n) is 6.44. The van der Waals surface area contributed by atoms with Crippen LogP contribution in [-0.4, -0.2) is 34.6 Å².